The van der Waals surface area contributed by atoms with E-state index in [0.29, 0.717) is 0 Å². The number of para-hydroxylation sites is 1. The molecule has 2 atom stereocenters. The standard InChI is InChI=1S/C23H20ClNO/c24-19-13-11-17(12-14-19)21-23(15-16-23)22(18-7-3-1-4-8-18)26-25(21)20-9-5-2-6-10-20/h1-14,21-22H,15-16H2/t21-,22+/m0/s1. The number of rotatable bonds is 3. The Labute approximate surface area is 158 Å². The van der Waals surface area contributed by atoms with Crippen molar-refractivity contribution < 1.29 is 4.84 Å². The van der Waals surface area contributed by atoms with E-state index >= 15 is 0 Å². The van der Waals surface area contributed by atoms with Crippen molar-refractivity contribution >= 4 is 17.3 Å². The number of benzene rings is 3. The molecule has 1 saturated heterocycles. The summed E-state index contributed by atoms with van der Waals surface area (Å²) in [6, 6.07) is 29.4. The summed E-state index contributed by atoms with van der Waals surface area (Å²) < 4.78 is 0. The monoisotopic (exact) mass is 361 g/mol. The van der Waals surface area contributed by atoms with Gasteiger partial charge in [0, 0.05) is 10.4 Å². The second kappa shape index (κ2) is 6.15. The van der Waals surface area contributed by atoms with Gasteiger partial charge in [-0.2, -0.15) is 0 Å². The van der Waals surface area contributed by atoms with Gasteiger partial charge >= 0.3 is 0 Å². The number of hydrogen-bond donors (Lipinski definition) is 0. The molecule has 0 radical (unpaired) electrons. The Bertz CT molecular complexity index is 891. The van der Waals surface area contributed by atoms with Crippen LogP contribution >= 0.6 is 11.6 Å². The Morgan fingerprint density at radius 3 is 2.00 bits per heavy atom. The van der Waals surface area contributed by atoms with Crippen molar-refractivity contribution in [2.45, 2.75) is 25.0 Å². The molecule has 3 aromatic carbocycles. The minimum atomic E-state index is 0.0737. The maximum Gasteiger partial charge on any atom is 0.119 e. The summed E-state index contributed by atoms with van der Waals surface area (Å²) in [5, 5.41) is 2.89. The number of hydrogen-bond acceptors (Lipinski definition) is 2. The molecule has 1 aliphatic heterocycles. The van der Waals surface area contributed by atoms with Crippen molar-refractivity contribution in [3.63, 3.8) is 0 Å². The van der Waals surface area contributed by atoms with E-state index in [1.807, 2.05) is 18.2 Å². The fraction of sp³-hybridized carbons (Fsp3) is 0.217. The van der Waals surface area contributed by atoms with Crippen molar-refractivity contribution in [2.75, 3.05) is 5.06 Å². The Morgan fingerprint density at radius 2 is 1.38 bits per heavy atom. The molecule has 5 rings (SSSR count). The summed E-state index contributed by atoms with van der Waals surface area (Å²) in [6.07, 6.45) is 2.41. The molecule has 2 nitrogen and oxygen atoms in total. The van der Waals surface area contributed by atoms with E-state index in [1.165, 1.54) is 24.0 Å². The van der Waals surface area contributed by atoms with Crippen LogP contribution in [0.3, 0.4) is 0 Å². The molecule has 0 N–H and O–H groups in total. The highest BCUT2D eigenvalue weighted by Crippen LogP contribution is 2.70. The van der Waals surface area contributed by atoms with E-state index in [9.17, 15) is 0 Å². The van der Waals surface area contributed by atoms with Crippen LogP contribution in [0, 0.1) is 5.41 Å². The summed E-state index contributed by atoms with van der Waals surface area (Å²) in [4.78, 5) is 6.61. The number of hydroxylamine groups is 1. The van der Waals surface area contributed by atoms with Gasteiger partial charge in [0.15, 0.2) is 0 Å². The van der Waals surface area contributed by atoms with Gasteiger partial charge in [0.25, 0.3) is 0 Å². The lowest BCUT2D eigenvalue weighted by Gasteiger charge is -2.27. The van der Waals surface area contributed by atoms with Crippen LogP contribution < -0.4 is 5.06 Å². The lowest BCUT2D eigenvalue weighted by molar-refractivity contribution is 0.0639. The second-order valence-corrected chi connectivity index (χ2v) is 7.68. The fourth-order valence-corrected chi connectivity index (χ4v) is 4.38. The first-order chi connectivity index (χ1) is 12.8. The van der Waals surface area contributed by atoms with Gasteiger partial charge in [-0.15, -0.1) is 0 Å². The van der Waals surface area contributed by atoms with Gasteiger partial charge in [-0.25, -0.2) is 5.06 Å². The predicted molar refractivity (Wildman–Crippen MR) is 105 cm³/mol. The first kappa shape index (κ1) is 15.9. The van der Waals surface area contributed by atoms with Gasteiger partial charge < -0.3 is 0 Å². The van der Waals surface area contributed by atoms with Crippen LogP contribution in [0.4, 0.5) is 5.69 Å². The predicted octanol–water partition coefficient (Wildman–Crippen LogP) is 6.35. The molecular weight excluding hydrogens is 342 g/mol. The summed E-state index contributed by atoms with van der Waals surface area (Å²) in [5.74, 6) is 0. The van der Waals surface area contributed by atoms with E-state index in [1.54, 1.807) is 0 Å². The lowest BCUT2D eigenvalue weighted by Crippen LogP contribution is -2.24. The van der Waals surface area contributed by atoms with E-state index in [2.05, 4.69) is 71.8 Å². The van der Waals surface area contributed by atoms with Crippen LogP contribution in [-0.2, 0) is 4.84 Å². The molecular formula is C23H20ClNO. The maximum absolute atomic E-state index is 6.61. The second-order valence-electron chi connectivity index (χ2n) is 7.24. The molecule has 3 heteroatoms. The molecule has 0 amide bonds. The zero-order valence-electron chi connectivity index (χ0n) is 14.4. The molecule has 0 unspecified atom stereocenters. The highest BCUT2D eigenvalue weighted by molar-refractivity contribution is 6.30. The first-order valence-electron chi connectivity index (χ1n) is 9.09. The zero-order valence-corrected chi connectivity index (χ0v) is 15.1. The van der Waals surface area contributed by atoms with Gasteiger partial charge in [-0.05, 0) is 48.2 Å². The lowest BCUT2D eigenvalue weighted by atomic mass is 9.83. The molecule has 2 fully saturated rings. The van der Waals surface area contributed by atoms with Crippen LogP contribution in [0.2, 0.25) is 5.02 Å². The molecule has 0 aromatic heterocycles. The van der Waals surface area contributed by atoms with Gasteiger partial charge in [0.2, 0.25) is 0 Å². The Kier molecular flexibility index (Phi) is 3.77. The number of anilines is 1. The minimum absolute atomic E-state index is 0.0737. The average molecular weight is 362 g/mol. The molecule has 0 bridgehead atoms. The largest absolute Gasteiger partial charge is 0.264 e. The molecule has 2 aliphatic rings. The molecule has 1 aliphatic carbocycles. The Hall–Kier alpha value is -2.29. The number of halogens is 1. The van der Waals surface area contributed by atoms with Gasteiger partial charge in [-0.3, -0.25) is 4.84 Å². The summed E-state index contributed by atoms with van der Waals surface area (Å²) >= 11 is 6.14. The highest BCUT2D eigenvalue weighted by Gasteiger charge is 2.64. The first-order valence-corrected chi connectivity index (χ1v) is 9.47. The highest BCUT2D eigenvalue weighted by atomic mass is 35.5. The van der Waals surface area contributed by atoms with Crippen molar-refractivity contribution in [1.82, 2.24) is 0 Å². The van der Waals surface area contributed by atoms with Crippen molar-refractivity contribution in [3.05, 3.63) is 101 Å². The van der Waals surface area contributed by atoms with Crippen LogP contribution in [0.5, 0.6) is 0 Å². The molecule has 130 valence electrons. The van der Waals surface area contributed by atoms with Crippen molar-refractivity contribution in [2.24, 2.45) is 5.41 Å². The fourth-order valence-electron chi connectivity index (χ4n) is 4.25. The Balaban J connectivity index is 1.62. The third-order valence-corrected chi connectivity index (χ3v) is 5.90. The molecule has 1 spiro atoms. The van der Waals surface area contributed by atoms with Crippen LogP contribution in [0.15, 0.2) is 84.9 Å². The van der Waals surface area contributed by atoms with Crippen LogP contribution in [-0.4, -0.2) is 0 Å². The van der Waals surface area contributed by atoms with Gasteiger partial charge in [0.1, 0.15) is 6.10 Å². The molecule has 1 heterocycles. The maximum atomic E-state index is 6.61. The van der Waals surface area contributed by atoms with E-state index in [-0.39, 0.29) is 17.6 Å². The SMILES string of the molecule is Clc1ccc([C@@H]2N(c3ccccc3)O[C@H](c3ccccc3)C23CC3)cc1. The van der Waals surface area contributed by atoms with Gasteiger partial charge in [0.05, 0.1) is 11.7 Å². The van der Waals surface area contributed by atoms with Crippen LogP contribution in [0.1, 0.15) is 36.1 Å². The molecule has 3 aromatic rings. The molecule has 26 heavy (non-hydrogen) atoms. The number of nitrogens with zero attached hydrogens (tertiary/aromatic N) is 1. The topological polar surface area (TPSA) is 12.5 Å². The van der Waals surface area contributed by atoms with E-state index in [0.717, 1.165) is 10.7 Å². The van der Waals surface area contributed by atoms with Crippen molar-refractivity contribution in [3.8, 4) is 0 Å². The van der Waals surface area contributed by atoms with E-state index in [4.69, 9.17) is 16.4 Å². The molecule has 1 saturated carbocycles. The van der Waals surface area contributed by atoms with E-state index < -0.39 is 0 Å². The summed E-state index contributed by atoms with van der Waals surface area (Å²) in [7, 11) is 0. The zero-order chi connectivity index (χ0) is 17.6. The van der Waals surface area contributed by atoms with Crippen molar-refractivity contribution in [1.29, 1.82) is 0 Å². The minimum Gasteiger partial charge on any atom is -0.264 e. The average Bonchev–Trinajstić information content (AvgIpc) is 3.40. The third-order valence-electron chi connectivity index (χ3n) is 5.65. The quantitative estimate of drug-likeness (QED) is 0.538. The Morgan fingerprint density at radius 1 is 0.769 bits per heavy atom. The van der Waals surface area contributed by atoms with Gasteiger partial charge in [-0.1, -0.05) is 72.3 Å². The normalized spacial score (nSPS) is 23.3. The smallest absolute Gasteiger partial charge is 0.119 e. The summed E-state index contributed by atoms with van der Waals surface area (Å²) in [6.45, 7) is 0. The van der Waals surface area contributed by atoms with Crippen LogP contribution in [0.25, 0.3) is 0 Å². The third kappa shape index (κ3) is 2.53. The summed E-state index contributed by atoms with van der Waals surface area (Å²) in [5.41, 5.74) is 3.72.